The third-order valence-electron chi connectivity index (χ3n) is 2.15. The van der Waals surface area contributed by atoms with Gasteiger partial charge in [0.2, 0.25) is 0 Å². The highest BCUT2D eigenvalue weighted by atomic mass is 32.1. The Hall–Kier alpha value is -1.56. The number of alkyl halides is 3. The van der Waals surface area contributed by atoms with Crippen LogP contribution in [0.1, 0.15) is 5.56 Å². The van der Waals surface area contributed by atoms with E-state index in [1.54, 1.807) is 6.07 Å². The molecule has 2 aromatic rings. The minimum Gasteiger partial charge on any atom is -0.231 e. The molecule has 0 bridgehead atoms. The molecule has 0 spiro atoms. The van der Waals surface area contributed by atoms with E-state index in [9.17, 15) is 13.2 Å². The third-order valence-corrected chi connectivity index (χ3v) is 2.37. The molecule has 0 amide bonds. The van der Waals surface area contributed by atoms with Gasteiger partial charge < -0.3 is 0 Å². The first-order chi connectivity index (χ1) is 7.97. The number of nitrogens with zero attached hydrogens (tertiary/aromatic N) is 2. The monoisotopic (exact) mass is 256 g/mol. The van der Waals surface area contributed by atoms with Crippen LogP contribution < -0.4 is 0 Å². The van der Waals surface area contributed by atoms with Crippen LogP contribution in [0.2, 0.25) is 0 Å². The minimum atomic E-state index is -4.32. The quantitative estimate of drug-likeness (QED) is 0.624. The molecule has 1 heterocycles. The Kier molecular flexibility index (Phi) is 3.06. The fourth-order valence-electron chi connectivity index (χ4n) is 1.34. The molecule has 0 saturated heterocycles. The highest BCUT2D eigenvalue weighted by Gasteiger charge is 2.29. The fourth-order valence-corrected chi connectivity index (χ4v) is 1.51. The van der Waals surface area contributed by atoms with Gasteiger partial charge in [-0.15, -0.1) is 12.6 Å². The molecule has 6 heteroatoms. The lowest BCUT2D eigenvalue weighted by Gasteiger charge is -2.07. The maximum Gasteiger partial charge on any atom is 0.416 e. The van der Waals surface area contributed by atoms with Gasteiger partial charge in [-0.05, 0) is 18.2 Å². The maximum absolute atomic E-state index is 12.3. The number of halogens is 3. The molecule has 0 aliphatic heterocycles. The molecular formula is C11H7F3N2S. The zero-order chi connectivity index (χ0) is 12.5. The summed E-state index contributed by atoms with van der Waals surface area (Å²) in [5.74, 6) is 0. The summed E-state index contributed by atoms with van der Waals surface area (Å²) in [6, 6.07) is 6.41. The zero-order valence-corrected chi connectivity index (χ0v) is 9.33. The third kappa shape index (κ3) is 2.76. The van der Waals surface area contributed by atoms with E-state index in [1.165, 1.54) is 18.3 Å². The van der Waals surface area contributed by atoms with Crippen LogP contribution >= 0.6 is 12.6 Å². The molecule has 1 aromatic heterocycles. The van der Waals surface area contributed by atoms with E-state index in [-0.39, 0.29) is 5.16 Å². The van der Waals surface area contributed by atoms with Crippen LogP contribution in [-0.4, -0.2) is 9.97 Å². The standard InChI is InChI=1S/C11H7F3N2S/c12-11(13,14)8-3-1-7(2-4-8)9-5-6-15-10(17)16-9/h1-6H,(H,15,16,17). The van der Waals surface area contributed by atoms with Crippen LogP contribution in [0.3, 0.4) is 0 Å². The van der Waals surface area contributed by atoms with Gasteiger partial charge in [0.05, 0.1) is 11.3 Å². The highest BCUT2D eigenvalue weighted by molar-refractivity contribution is 7.80. The van der Waals surface area contributed by atoms with Crippen LogP contribution in [-0.2, 0) is 6.18 Å². The summed E-state index contributed by atoms with van der Waals surface area (Å²) in [5.41, 5.74) is 0.454. The van der Waals surface area contributed by atoms with Crippen LogP contribution in [0, 0.1) is 0 Å². The molecule has 2 nitrogen and oxygen atoms in total. The second kappa shape index (κ2) is 4.37. The Morgan fingerprint density at radius 1 is 1.00 bits per heavy atom. The molecule has 0 atom stereocenters. The van der Waals surface area contributed by atoms with Crippen molar-refractivity contribution in [1.82, 2.24) is 9.97 Å². The van der Waals surface area contributed by atoms with E-state index < -0.39 is 11.7 Å². The first-order valence-electron chi connectivity index (χ1n) is 4.66. The Morgan fingerprint density at radius 3 is 2.18 bits per heavy atom. The number of benzene rings is 1. The van der Waals surface area contributed by atoms with Gasteiger partial charge >= 0.3 is 6.18 Å². The Bertz CT molecular complexity index is 523. The summed E-state index contributed by atoms with van der Waals surface area (Å²) in [4.78, 5) is 7.80. The summed E-state index contributed by atoms with van der Waals surface area (Å²) in [6.07, 6.45) is -2.82. The first-order valence-corrected chi connectivity index (χ1v) is 5.11. The van der Waals surface area contributed by atoms with Crippen molar-refractivity contribution in [3.63, 3.8) is 0 Å². The number of rotatable bonds is 1. The van der Waals surface area contributed by atoms with Gasteiger partial charge in [0, 0.05) is 11.8 Å². The van der Waals surface area contributed by atoms with Crippen LogP contribution in [0.15, 0.2) is 41.7 Å². The summed E-state index contributed by atoms with van der Waals surface area (Å²) >= 11 is 3.97. The van der Waals surface area contributed by atoms with Gasteiger partial charge in [-0.3, -0.25) is 0 Å². The Morgan fingerprint density at radius 2 is 1.65 bits per heavy atom. The van der Waals surface area contributed by atoms with Crippen molar-refractivity contribution in [2.75, 3.05) is 0 Å². The predicted octanol–water partition coefficient (Wildman–Crippen LogP) is 3.45. The molecule has 0 aliphatic carbocycles. The lowest BCUT2D eigenvalue weighted by atomic mass is 10.1. The Balaban J connectivity index is 2.36. The van der Waals surface area contributed by atoms with Gasteiger partial charge in [-0.25, -0.2) is 9.97 Å². The van der Waals surface area contributed by atoms with Crippen molar-refractivity contribution in [3.8, 4) is 11.3 Å². The van der Waals surface area contributed by atoms with Crippen molar-refractivity contribution < 1.29 is 13.2 Å². The van der Waals surface area contributed by atoms with Gasteiger partial charge in [0.15, 0.2) is 5.16 Å². The smallest absolute Gasteiger partial charge is 0.231 e. The lowest BCUT2D eigenvalue weighted by molar-refractivity contribution is -0.137. The second-order valence-electron chi connectivity index (χ2n) is 3.32. The van der Waals surface area contributed by atoms with Gasteiger partial charge in [-0.1, -0.05) is 12.1 Å². The first kappa shape index (κ1) is 11.9. The van der Waals surface area contributed by atoms with Crippen molar-refractivity contribution in [2.24, 2.45) is 0 Å². The molecule has 0 radical (unpaired) electrons. The number of hydrogen-bond acceptors (Lipinski definition) is 3. The fraction of sp³-hybridized carbons (Fsp3) is 0.0909. The molecule has 88 valence electrons. The normalized spacial score (nSPS) is 11.5. The lowest BCUT2D eigenvalue weighted by Crippen LogP contribution is -2.04. The van der Waals surface area contributed by atoms with E-state index in [0.717, 1.165) is 12.1 Å². The number of aromatic nitrogens is 2. The summed E-state index contributed by atoms with van der Waals surface area (Å²) < 4.78 is 37.0. The van der Waals surface area contributed by atoms with E-state index in [4.69, 9.17) is 0 Å². The Labute approximate surface area is 101 Å². The summed E-state index contributed by atoms with van der Waals surface area (Å²) in [6.45, 7) is 0. The van der Waals surface area contributed by atoms with Crippen molar-refractivity contribution >= 4 is 12.6 Å². The van der Waals surface area contributed by atoms with E-state index in [0.29, 0.717) is 11.3 Å². The maximum atomic E-state index is 12.3. The molecule has 17 heavy (non-hydrogen) atoms. The molecular weight excluding hydrogens is 249 g/mol. The van der Waals surface area contributed by atoms with Gasteiger partial charge in [0.1, 0.15) is 0 Å². The average Bonchev–Trinajstić information content (AvgIpc) is 2.28. The van der Waals surface area contributed by atoms with Crippen LogP contribution in [0.4, 0.5) is 13.2 Å². The predicted molar refractivity (Wildman–Crippen MR) is 59.7 cm³/mol. The zero-order valence-electron chi connectivity index (χ0n) is 8.44. The SMILES string of the molecule is FC(F)(F)c1ccc(-c2ccnc(S)n2)cc1. The molecule has 0 aliphatic rings. The highest BCUT2D eigenvalue weighted by Crippen LogP contribution is 2.30. The van der Waals surface area contributed by atoms with E-state index in [1.807, 2.05) is 0 Å². The van der Waals surface area contributed by atoms with Crippen LogP contribution in [0.5, 0.6) is 0 Å². The van der Waals surface area contributed by atoms with Crippen molar-refractivity contribution in [1.29, 1.82) is 0 Å². The largest absolute Gasteiger partial charge is 0.416 e. The molecule has 2 rings (SSSR count). The number of thiol groups is 1. The summed E-state index contributed by atoms with van der Waals surface area (Å²) in [5, 5.41) is 0.280. The number of hydrogen-bond donors (Lipinski definition) is 1. The van der Waals surface area contributed by atoms with Crippen molar-refractivity contribution in [3.05, 3.63) is 42.1 Å². The van der Waals surface area contributed by atoms with E-state index >= 15 is 0 Å². The molecule has 0 saturated carbocycles. The average molecular weight is 256 g/mol. The van der Waals surface area contributed by atoms with Crippen LogP contribution in [0.25, 0.3) is 11.3 Å². The topological polar surface area (TPSA) is 25.8 Å². The molecule has 0 N–H and O–H groups in total. The molecule has 0 fully saturated rings. The second-order valence-corrected chi connectivity index (χ2v) is 3.72. The summed E-state index contributed by atoms with van der Waals surface area (Å²) in [7, 11) is 0. The van der Waals surface area contributed by atoms with Crippen molar-refractivity contribution in [2.45, 2.75) is 11.3 Å². The molecule has 1 aromatic carbocycles. The molecule has 0 unspecified atom stereocenters. The minimum absolute atomic E-state index is 0.280. The van der Waals surface area contributed by atoms with Gasteiger partial charge in [0.25, 0.3) is 0 Å². The van der Waals surface area contributed by atoms with E-state index in [2.05, 4.69) is 22.6 Å². The van der Waals surface area contributed by atoms with Gasteiger partial charge in [-0.2, -0.15) is 13.2 Å².